The summed E-state index contributed by atoms with van der Waals surface area (Å²) in [7, 11) is 1.52. The maximum atomic E-state index is 10.8. The fraction of sp³-hybridized carbons (Fsp3) is 0.111. The van der Waals surface area contributed by atoms with Gasteiger partial charge in [-0.1, -0.05) is 15.9 Å². The highest BCUT2D eigenvalue weighted by molar-refractivity contribution is 9.10. The van der Waals surface area contributed by atoms with E-state index in [0.29, 0.717) is 27.2 Å². The Hall–Kier alpha value is -1.76. The zero-order valence-corrected chi connectivity index (χ0v) is 9.85. The molecule has 0 aliphatic heterocycles. The number of carbonyl (C=O) groups is 1. The first-order valence-electron chi connectivity index (χ1n) is 4.32. The zero-order valence-electron chi connectivity index (χ0n) is 8.27. The van der Waals surface area contributed by atoms with Crippen LogP contribution in [0.2, 0.25) is 0 Å². The van der Waals surface area contributed by atoms with Crippen LogP contribution in [0.4, 0.5) is 0 Å². The fourth-order valence-electron chi connectivity index (χ4n) is 1.28. The van der Waals surface area contributed by atoms with E-state index < -0.39 is 0 Å². The number of carbonyl (C=O) groups excluding carboxylic acids is 1. The predicted molar refractivity (Wildman–Crippen MR) is 59.3 cm³/mol. The molecule has 0 spiro atoms. The van der Waals surface area contributed by atoms with Gasteiger partial charge < -0.3 is 4.74 Å². The number of ether oxygens (including phenoxy) is 1. The van der Waals surface area contributed by atoms with E-state index in [0.717, 1.165) is 6.29 Å². The van der Waals surface area contributed by atoms with E-state index in [4.69, 9.17) is 4.74 Å². The summed E-state index contributed by atoms with van der Waals surface area (Å²) in [5.41, 5.74) is 1.16. The number of nitrogens with one attached hydrogen (secondary N) is 1. The molecule has 1 aromatic heterocycles. The van der Waals surface area contributed by atoms with Crippen molar-refractivity contribution in [2.75, 3.05) is 7.11 Å². The Morgan fingerprint density at radius 3 is 2.88 bits per heavy atom. The number of hydrogen-bond donors (Lipinski definition) is 1. The van der Waals surface area contributed by atoms with Crippen LogP contribution in [0.25, 0.3) is 11.4 Å². The molecule has 0 saturated heterocycles. The summed E-state index contributed by atoms with van der Waals surface area (Å²) >= 11 is 3.28. The maximum absolute atomic E-state index is 10.8. The number of aromatic nitrogens is 4. The van der Waals surface area contributed by atoms with E-state index in [1.54, 1.807) is 12.1 Å². The molecular weight excluding hydrogens is 276 g/mol. The SMILES string of the molecule is COc1cc(C=O)c(Br)cc1-c1nn[nH]n1. The lowest BCUT2D eigenvalue weighted by Crippen LogP contribution is -1.93. The van der Waals surface area contributed by atoms with Crippen LogP contribution < -0.4 is 4.74 Å². The van der Waals surface area contributed by atoms with Crippen molar-refractivity contribution in [1.82, 2.24) is 20.6 Å². The lowest BCUT2D eigenvalue weighted by molar-refractivity contribution is 0.112. The van der Waals surface area contributed by atoms with E-state index in [1.165, 1.54) is 7.11 Å². The molecule has 0 atom stereocenters. The highest BCUT2D eigenvalue weighted by atomic mass is 79.9. The number of tetrazole rings is 1. The van der Waals surface area contributed by atoms with Crippen LogP contribution >= 0.6 is 15.9 Å². The fourth-order valence-corrected chi connectivity index (χ4v) is 1.72. The zero-order chi connectivity index (χ0) is 11.5. The van der Waals surface area contributed by atoms with Crippen molar-refractivity contribution in [3.63, 3.8) is 0 Å². The Morgan fingerprint density at radius 1 is 1.50 bits per heavy atom. The Balaban J connectivity index is 2.61. The maximum Gasteiger partial charge on any atom is 0.208 e. The highest BCUT2D eigenvalue weighted by Crippen LogP contribution is 2.32. The van der Waals surface area contributed by atoms with E-state index in [9.17, 15) is 4.79 Å². The Kier molecular flexibility index (Phi) is 2.95. The molecule has 0 saturated carbocycles. The van der Waals surface area contributed by atoms with Crippen LogP contribution in [-0.4, -0.2) is 34.0 Å². The number of nitrogens with zero attached hydrogens (tertiary/aromatic N) is 3. The smallest absolute Gasteiger partial charge is 0.208 e. The number of benzene rings is 1. The summed E-state index contributed by atoms with van der Waals surface area (Å²) in [5, 5.41) is 13.5. The highest BCUT2D eigenvalue weighted by Gasteiger charge is 2.13. The van der Waals surface area contributed by atoms with Gasteiger partial charge in [-0.2, -0.15) is 5.21 Å². The third-order valence-corrected chi connectivity index (χ3v) is 2.72. The molecule has 0 fully saturated rings. The van der Waals surface area contributed by atoms with Gasteiger partial charge in [-0.3, -0.25) is 4.79 Å². The second-order valence-corrected chi connectivity index (χ2v) is 3.78. The standard InChI is InChI=1S/C9H7BrN4O2/c1-16-8-2-5(4-15)7(10)3-6(8)9-11-13-14-12-9/h2-4H,1H3,(H,11,12,13,14). The number of halogens is 1. The monoisotopic (exact) mass is 282 g/mol. The number of aldehydes is 1. The van der Waals surface area contributed by atoms with Gasteiger partial charge in [0.15, 0.2) is 6.29 Å². The van der Waals surface area contributed by atoms with Gasteiger partial charge in [0.05, 0.1) is 12.7 Å². The second-order valence-electron chi connectivity index (χ2n) is 2.93. The summed E-state index contributed by atoms with van der Waals surface area (Å²) in [5.74, 6) is 0.932. The molecule has 0 radical (unpaired) electrons. The number of rotatable bonds is 3. The van der Waals surface area contributed by atoms with Crippen LogP contribution in [0.5, 0.6) is 5.75 Å². The van der Waals surface area contributed by atoms with Crippen molar-refractivity contribution in [2.45, 2.75) is 0 Å². The second kappa shape index (κ2) is 4.40. The molecule has 1 aromatic carbocycles. The molecule has 0 aliphatic rings. The van der Waals surface area contributed by atoms with Crippen molar-refractivity contribution in [1.29, 1.82) is 0 Å². The predicted octanol–water partition coefficient (Wildman–Crippen LogP) is 1.45. The third-order valence-electron chi connectivity index (χ3n) is 2.03. The quantitative estimate of drug-likeness (QED) is 0.862. The molecule has 16 heavy (non-hydrogen) atoms. The van der Waals surface area contributed by atoms with Gasteiger partial charge in [0.1, 0.15) is 5.75 Å². The molecule has 82 valence electrons. The lowest BCUT2D eigenvalue weighted by atomic mass is 10.1. The molecule has 1 heterocycles. The first-order chi connectivity index (χ1) is 7.76. The van der Waals surface area contributed by atoms with Crippen LogP contribution in [0.1, 0.15) is 10.4 Å². The minimum Gasteiger partial charge on any atom is -0.496 e. The van der Waals surface area contributed by atoms with E-state index >= 15 is 0 Å². The molecule has 0 bridgehead atoms. The van der Waals surface area contributed by atoms with Gasteiger partial charge in [0.2, 0.25) is 5.82 Å². The molecular formula is C9H7BrN4O2. The molecule has 0 aliphatic carbocycles. The van der Waals surface area contributed by atoms with Crippen molar-refractivity contribution in [3.05, 3.63) is 22.2 Å². The minimum atomic E-state index is 0.412. The van der Waals surface area contributed by atoms with Crippen molar-refractivity contribution in [2.24, 2.45) is 0 Å². The Bertz CT molecular complexity index is 512. The van der Waals surface area contributed by atoms with Gasteiger partial charge in [-0.05, 0) is 17.3 Å². The van der Waals surface area contributed by atoms with Crippen LogP contribution in [-0.2, 0) is 0 Å². The number of hydrogen-bond acceptors (Lipinski definition) is 5. The molecule has 6 nitrogen and oxygen atoms in total. The van der Waals surface area contributed by atoms with Crippen LogP contribution in [0.3, 0.4) is 0 Å². The summed E-state index contributed by atoms with van der Waals surface area (Å²) < 4.78 is 5.82. The van der Waals surface area contributed by atoms with Gasteiger partial charge in [-0.25, -0.2) is 0 Å². The third kappa shape index (κ3) is 1.81. The van der Waals surface area contributed by atoms with Gasteiger partial charge in [0, 0.05) is 10.0 Å². The Labute approximate surface area is 99.1 Å². The molecule has 2 aromatic rings. The number of methoxy groups -OCH3 is 1. The van der Waals surface area contributed by atoms with Crippen molar-refractivity contribution < 1.29 is 9.53 Å². The first-order valence-corrected chi connectivity index (χ1v) is 5.12. The lowest BCUT2D eigenvalue weighted by Gasteiger charge is -2.07. The average Bonchev–Trinajstić information content (AvgIpc) is 2.82. The van der Waals surface area contributed by atoms with Crippen LogP contribution in [0, 0.1) is 0 Å². The number of aromatic amines is 1. The van der Waals surface area contributed by atoms with Crippen LogP contribution in [0.15, 0.2) is 16.6 Å². The van der Waals surface area contributed by atoms with Gasteiger partial charge >= 0.3 is 0 Å². The Morgan fingerprint density at radius 2 is 2.31 bits per heavy atom. The summed E-state index contributed by atoms with van der Waals surface area (Å²) in [6.45, 7) is 0. The molecule has 0 unspecified atom stereocenters. The number of H-pyrrole nitrogens is 1. The van der Waals surface area contributed by atoms with Crippen molar-refractivity contribution >= 4 is 22.2 Å². The average molecular weight is 283 g/mol. The normalized spacial score (nSPS) is 10.1. The summed E-state index contributed by atoms with van der Waals surface area (Å²) in [6, 6.07) is 3.33. The van der Waals surface area contributed by atoms with E-state index in [2.05, 4.69) is 36.6 Å². The van der Waals surface area contributed by atoms with Gasteiger partial charge in [-0.15, -0.1) is 10.2 Å². The van der Waals surface area contributed by atoms with E-state index in [-0.39, 0.29) is 0 Å². The van der Waals surface area contributed by atoms with Crippen molar-refractivity contribution in [3.8, 4) is 17.1 Å². The topological polar surface area (TPSA) is 80.8 Å². The summed E-state index contributed by atoms with van der Waals surface area (Å²) in [6.07, 6.45) is 0.743. The minimum absolute atomic E-state index is 0.412. The molecule has 7 heteroatoms. The largest absolute Gasteiger partial charge is 0.496 e. The molecule has 1 N–H and O–H groups in total. The molecule has 2 rings (SSSR count). The molecule has 0 amide bonds. The van der Waals surface area contributed by atoms with Gasteiger partial charge in [0.25, 0.3) is 0 Å². The van der Waals surface area contributed by atoms with E-state index in [1.807, 2.05) is 0 Å². The summed E-state index contributed by atoms with van der Waals surface area (Å²) in [4.78, 5) is 10.8. The first kappa shape index (κ1) is 10.7.